The lowest BCUT2D eigenvalue weighted by atomic mass is 10.1. The monoisotopic (exact) mass is 274 g/mol. The summed E-state index contributed by atoms with van der Waals surface area (Å²) in [6.07, 6.45) is 3.30. The van der Waals surface area contributed by atoms with Crippen LogP contribution in [0.4, 0.5) is 4.79 Å². The topological polar surface area (TPSA) is 32.8 Å². The smallest absolute Gasteiger partial charge is 0.410 e. The van der Waals surface area contributed by atoms with Crippen molar-refractivity contribution >= 4 is 6.09 Å². The molecule has 0 aliphatic carbocycles. The molecule has 2 heterocycles. The molecule has 1 aromatic carbocycles. The fraction of sp³-hybridized carbons (Fsp3) is 0.562. The van der Waals surface area contributed by atoms with Crippen LogP contribution in [-0.2, 0) is 4.74 Å². The van der Waals surface area contributed by atoms with Crippen LogP contribution in [0.3, 0.4) is 0 Å². The van der Waals surface area contributed by atoms with Crippen LogP contribution in [0, 0.1) is 0 Å². The van der Waals surface area contributed by atoms with Gasteiger partial charge in [0.15, 0.2) is 0 Å². The van der Waals surface area contributed by atoms with Crippen molar-refractivity contribution < 1.29 is 9.53 Å². The quantitative estimate of drug-likeness (QED) is 0.846. The lowest BCUT2D eigenvalue weighted by Gasteiger charge is -2.21. The Kier molecular flexibility index (Phi) is 3.92. The van der Waals surface area contributed by atoms with Crippen LogP contribution < -0.4 is 0 Å². The Bertz CT molecular complexity index is 463. The molecule has 4 nitrogen and oxygen atoms in total. The number of nitrogens with zero attached hydrogens (tertiary/aromatic N) is 2. The molecule has 20 heavy (non-hydrogen) atoms. The molecule has 3 rings (SSSR count). The molecule has 2 aliphatic heterocycles. The van der Waals surface area contributed by atoms with Crippen LogP contribution in [0.2, 0.25) is 0 Å². The molecule has 0 radical (unpaired) electrons. The zero-order chi connectivity index (χ0) is 13.9. The number of ether oxygens (including phenoxy) is 1. The molecule has 0 saturated carbocycles. The first-order valence-corrected chi connectivity index (χ1v) is 7.45. The van der Waals surface area contributed by atoms with Gasteiger partial charge in [0.25, 0.3) is 0 Å². The number of likely N-dealkylation sites (tertiary alicyclic amines) is 1. The number of hydrogen-bond acceptors (Lipinski definition) is 3. The van der Waals surface area contributed by atoms with Gasteiger partial charge in [0.1, 0.15) is 6.10 Å². The van der Waals surface area contributed by atoms with Crippen molar-refractivity contribution in [3.05, 3.63) is 35.9 Å². The molecule has 2 atom stereocenters. The standard InChI is InChI=1S/C16H22N2O2/c1-17-10-5-8-14(17)9-11-18-12-15(20-16(18)19)13-6-3-2-4-7-13/h2-4,6-7,14-15H,5,8-12H2,1H3. The molecule has 2 fully saturated rings. The molecule has 4 heteroatoms. The van der Waals surface area contributed by atoms with E-state index in [2.05, 4.69) is 11.9 Å². The molecule has 108 valence electrons. The molecule has 1 amide bonds. The van der Waals surface area contributed by atoms with Crippen molar-refractivity contribution in [1.82, 2.24) is 9.80 Å². The highest BCUT2D eigenvalue weighted by atomic mass is 16.6. The highest BCUT2D eigenvalue weighted by Crippen LogP contribution is 2.27. The predicted molar refractivity (Wildman–Crippen MR) is 77.5 cm³/mol. The normalized spacial score (nSPS) is 27.1. The van der Waals surface area contributed by atoms with E-state index in [1.807, 2.05) is 35.2 Å². The molecule has 0 aromatic heterocycles. The van der Waals surface area contributed by atoms with Gasteiger partial charge in [0, 0.05) is 12.6 Å². The SMILES string of the molecule is CN1CCCC1CCN1CC(c2ccccc2)OC1=O. The number of hydrogen-bond donors (Lipinski definition) is 0. The van der Waals surface area contributed by atoms with Gasteiger partial charge in [-0.2, -0.15) is 0 Å². The zero-order valence-electron chi connectivity index (χ0n) is 12.0. The molecule has 2 aliphatic rings. The lowest BCUT2D eigenvalue weighted by Crippen LogP contribution is -2.32. The number of carbonyl (C=O) groups is 1. The third kappa shape index (κ3) is 2.80. The van der Waals surface area contributed by atoms with E-state index in [4.69, 9.17) is 4.74 Å². The number of rotatable bonds is 4. The largest absolute Gasteiger partial charge is 0.439 e. The molecular weight excluding hydrogens is 252 g/mol. The molecule has 1 aromatic rings. The van der Waals surface area contributed by atoms with Crippen LogP contribution in [0.25, 0.3) is 0 Å². The summed E-state index contributed by atoms with van der Waals surface area (Å²) in [5.74, 6) is 0. The van der Waals surface area contributed by atoms with Crippen LogP contribution in [0.15, 0.2) is 30.3 Å². The van der Waals surface area contributed by atoms with Crippen LogP contribution in [0.1, 0.15) is 30.9 Å². The Labute approximate surface area is 120 Å². The van der Waals surface area contributed by atoms with Crippen LogP contribution >= 0.6 is 0 Å². The molecular formula is C16H22N2O2. The lowest BCUT2D eigenvalue weighted by molar-refractivity contribution is 0.131. The number of benzene rings is 1. The summed E-state index contributed by atoms with van der Waals surface area (Å²) in [4.78, 5) is 16.2. The Balaban J connectivity index is 1.55. The van der Waals surface area contributed by atoms with Gasteiger partial charge in [0.05, 0.1) is 6.54 Å². The number of amides is 1. The number of carbonyl (C=O) groups excluding carboxylic acids is 1. The average Bonchev–Trinajstić information content (AvgIpc) is 3.04. The van der Waals surface area contributed by atoms with E-state index in [9.17, 15) is 4.79 Å². The van der Waals surface area contributed by atoms with Gasteiger partial charge in [-0.15, -0.1) is 0 Å². The fourth-order valence-corrected chi connectivity index (χ4v) is 3.18. The van der Waals surface area contributed by atoms with Gasteiger partial charge < -0.3 is 14.5 Å². The molecule has 2 unspecified atom stereocenters. The van der Waals surface area contributed by atoms with Crippen molar-refractivity contribution in [3.63, 3.8) is 0 Å². The Morgan fingerprint density at radius 2 is 2.10 bits per heavy atom. The van der Waals surface area contributed by atoms with E-state index in [0.717, 1.165) is 18.5 Å². The van der Waals surface area contributed by atoms with Crippen molar-refractivity contribution in [3.8, 4) is 0 Å². The summed E-state index contributed by atoms with van der Waals surface area (Å²) < 4.78 is 5.48. The van der Waals surface area contributed by atoms with Crippen LogP contribution in [0.5, 0.6) is 0 Å². The van der Waals surface area contributed by atoms with Gasteiger partial charge in [0.2, 0.25) is 0 Å². The number of cyclic esters (lactones) is 1. The fourth-order valence-electron chi connectivity index (χ4n) is 3.18. The van der Waals surface area contributed by atoms with E-state index in [1.54, 1.807) is 0 Å². The van der Waals surface area contributed by atoms with Gasteiger partial charge in [-0.05, 0) is 38.4 Å². The third-order valence-corrected chi connectivity index (χ3v) is 4.46. The minimum Gasteiger partial charge on any atom is -0.439 e. The summed E-state index contributed by atoms with van der Waals surface area (Å²) in [5, 5.41) is 0. The van der Waals surface area contributed by atoms with Gasteiger partial charge in [-0.25, -0.2) is 4.79 Å². The molecule has 0 N–H and O–H groups in total. The second-order valence-corrected chi connectivity index (χ2v) is 5.79. The molecule has 0 spiro atoms. The molecule has 0 bridgehead atoms. The maximum atomic E-state index is 11.9. The minimum absolute atomic E-state index is 0.106. The first kappa shape index (κ1) is 13.4. The first-order valence-electron chi connectivity index (χ1n) is 7.45. The Morgan fingerprint density at radius 3 is 2.80 bits per heavy atom. The maximum absolute atomic E-state index is 11.9. The second-order valence-electron chi connectivity index (χ2n) is 5.79. The predicted octanol–water partition coefficient (Wildman–Crippen LogP) is 2.66. The summed E-state index contributed by atoms with van der Waals surface area (Å²) in [7, 11) is 2.17. The van der Waals surface area contributed by atoms with E-state index in [-0.39, 0.29) is 12.2 Å². The average molecular weight is 274 g/mol. The zero-order valence-corrected chi connectivity index (χ0v) is 12.0. The summed E-state index contributed by atoms with van der Waals surface area (Å²) in [5.41, 5.74) is 1.08. The molecule has 2 saturated heterocycles. The summed E-state index contributed by atoms with van der Waals surface area (Å²) >= 11 is 0. The van der Waals surface area contributed by atoms with Crippen molar-refractivity contribution in [2.45, 2.75) is 31.4 Å². The summed E-state index contributed by atoms with van der Waals surface area (Å²) in [6, 6.07) is 10.6. The van der Waals surface area contributed by atoms with Crippen molar-refractivity contribution in [1.29, 1.82) is 0 Å². The Hall–Kier alpha value is -1.55. The van der Waals surface area contributed by atoms with Crippen molar-refractivity contribution in [2.75, 3.05) is 26.7 Å². The highest BCUT2D eigenvalue weighted by Gasteiger charge is 2.33. The van der Waals surface area contributed by atoms with Gasteiger partial charge >= 0.3 is 6.09 Å². The second kappa shape index (κ2) is 5.83. The van der Waals surface area contributed by atoms with E-state index >= 15 is 0 Å². The minimum atomic E-state index is -0.167. The Morgan fingerprint density at radius 1 is 1.30 bits per heavy atom. The van der Waals surface area contributed by atoms with Gasteiger partial charge in [-0.1, -0.05) is 30.3 Å². The van der Waals surface area contributed by atoms with E-state index < -0.39 is 0 Å². The highest BCUT2D eigenvalue weighted by molar-refractivity contribution is 5.70. The van der Waals surface area contributed by atoms with Crippen molar-refractivity contribution in [2.24, 2.45) is 0 Å². The van der Waals surface area contributed by atoms with Crippen LogP contribution in [-0.4, -0.2) is 48.6 Å². The summed E-state index contributed by atoms with van der Waals surface area (Å²) in [6.45, 7) is 2.66. The van der Waals surface area contributed by atoms with E-state index in [1.165, 1.54) is 19.4 Å². The third-order valence-electron chi connectivity index (χ3n) is 4.46. The maximum Gasteiger partial charge on any atom is 0.410 e. The van der Waals surface area contributed by atoms with E-state index in [0.29, 0.717) is 12.6 Å². The first-order chi connectivity index (χ1) is 9.74. The van der Waals surface area contributed by atoms with Gasteiger partial charge in [-0.3, -0.25) is 0 Å².